The molecule has 0 N–H and O–H groups in total. The minimum atomic E-state index is -0.338. The van der Waals surface area contributed by atoms with Gasteiger partial charge in [-0.2, -0.15) is 0 Å². The third kappa shape index (κ3) is 11.9. The van der Waals surface area contributed by atoms with Crippen molar-refractivity contribution in [2.24, 2.45) is 17.8 Å². The fraction of sp³-hybridized carbons (Fsp3) is 0.694. The lowest BCUT2D eigenvalue weighted by molar-refractivity contribution is -0.129. The molecule has 0 saturated carbocycles. The number of rotatable bonds is 17. The zero-order valence-electron chi connectivity index (χ0n) is 26.5. The van der Waals surface area contributed by atoms with Crippen LogP contribution in [0.3, 0.4) is 0 Å². The molecule has 0 aromatic heterocycles. The maximum atomic E-state index is 12.3. The number of unbranched alkanes of at least 4 members (excludes halogenated alkanes) is 1. The molecule has 0 amide bonds. The van der Waals surface area contributed by atoms with E-state index in [4.69, 9.17) is 9.47 Å². The van der Waals surface area contributed by atoms with E-state index in [9.17, 15) is 4.79 Å². The molecule has 1 heterocycles. The average Bonchev–Trinajstić information content (AvgIpc) is 2.87. The Labute approximate surface area is 240 Å². The Morgan fingerprint density at radius 1 is 0.974 bits per heavy atom. The number of carbonyl (C=O) groups excluding carboxylic acids is 1. The summed E-state index contributed by atoms with van der Waals surface area (Å²) in [5, 5.41) is 0. The summed E-state index contributed by atoms with van der Waals surface area (Å²) >= 11 is 0. The first-order valence-corrected chi connectivity index (χ1v) is 15.9. The van der Waals surface area contributed by atoms with E-state index in [1.807, 2.05) is 19.1 Å². The van der Waals surface area contributed by atoms with Crippen molar-refractivity contribution < 1.29 is 14.3 Å². The zero-order chi connectivity index (χ0) is 28.8. The van der Waals surface area contributed by atoms with E-state index in [1.165, 1.54) is 57.4 Å². The van der Waals surface area contributed by atoms with Crippen LogP contribution in [0.2, 0.25) is 0 Å². The normalized spacial score (nSPS) is 18.9. The lowest BCUT2D eigenvalue weighted by atomic mass is 9.85. The number of hydrogen-bond acceptors (Lipinski definition) is 3. The van der Waals surface area contributed by atoms with Crippen LogP contribution in [0.4, 0.5) is 0 Å². The van der Waals surface area contributed by atoms with Crippen molar-refractivity contribution in [1.82, 2.24) is 0 Å². The van der Waals surface area contributed by atoms with Gasteiger partial charge in [-0.15, -0.1) is 0 Å². The van der Waals surface area contributed by atoms with Gasteiger partial charge in [0.25, 0.3) is 0 Å². The first kappa shape index (κ1) is 33.2. The van der Waals surface area contributed by atoms with E-state index >= 15 is 0 Å². The minimum Gasteiger partial charge on any atom is -0.487 e. The molecule has 0 aliphatic carbocycles. The fourth-order valence-electron chi connectivity index (χ4n) is 5.65. The molecule has 3 unspecified atom stereocenters. The lowest BCUT2D eigenvalue weighted by Gasteiger charge is -2.37. The van der Waals surface area contributed by atoms with Crippen LogP contribution in [0.1, 0.15) is 135 Å². The summed E-state index contributed by atoms with van der Waals surface area (Å²) < 4.78 is 12.4. The number of benzene rings is 1. The highest BCUT2D eigenvalue weighted by atomic mass is 16.5. The summed E-state index contributed by atoms with van der Waals surface area (Å²) in [5.74, 6) is 3.79. The number of hydrogen-bond donors (Lipinski definition) is 0. The molecule has 0 bridgehead atoms. The second kappa shape index (κ2) is 16.9. The van der Waals surface area contributed by atoms with Crippen molar-refractivity contribution in [1.29, 1.82) is 0 Å². The van der Waals surface area contributed by atoms with Gasteiger partial charge in [-0.05, 0) is 93.4 Å². The summed E-state index contributed by atoms with van der Waals surface area (Å²) in [7, 11) is 0. The number of ether oxygens (including phenoxy) is 2. The molecule has 1 aliphatic heterocycles. The van der Waals surface area contributed by atoms with Gasteiger partial charge in [0.15, 0.2) is 0 Å². The van der Waals surface area contributed by atoms with E-state index in [1.54, 1.807) is 6.08 Å². The van der Waals surface area contributed by atoms with Crippen LogP contribution in [0, 0.1) is 31.6 Å². The van der Waals surface area contributed by atoms with Crippen LogP contribution in [-0.4, -0.2) is 11.6 Å². The first-order valence-electron chi connectivity index (χ1n) is 15.9. The largest absolute Gasteiger partial charge is 0.487 e. The first-order chi connectivity index (χ1) is 18.5. The molecule has 1 aliphatic rings. The van der Waals surface area contributed by atoms with Gasteiger partial charge in [0.1, 0.15) is 17.1 Å². The maximum Gasteiger partial charge on any atom is 0.336 e. The van der Waals surface area contributed by atoms with Gasteiger partial charge in [0.05, 0.1) is 0 Å². The van der Waals surface area contributed by atoms with Gasteiger partial charge < -0.3 is 9.47 Å². The average molecular weight is 539 g/mol. The molecule has 0 radical (unpaired) electrons. The van der Waals surface area contributed by atoms with Crippen LogP contribution >= 0.6 is 0 Å². The summed E-state index contributed by atoms with van der Waals surface area (Å²) in [6.07, 6.45) is 23.1. The Kier molecular flexibility index (Phi) is 14.4. The smallest absolute Gasteiger partial charge is 0.336 e. The second-order valence-corrected chi connectivity index (χ2v) is 13.0. The van der Waals surface area contributed by atoms with Crippen LogP contribution in [0.25, 0.3) is 0 Å². The van der Waals surface area contributed by atoms with Gasteiger partial charge in [0, 0.05) is 6.08 Å². The fourth-order valence-corrected chi connectivity index (χ4v) is 5.65. The van der Waals surface area contributed by atoms with Crippen molar-refractivity contribution in [2.45, 2.75) is 144 Å². The Morgan fingerprint density at radius 3 is 2.26 bits per heavy atom. The van der Waals surface area contributed by atoms with Gasteiger partial charge in [-0.1, -0.05) is 104 Å². The Hall–Kier alpha value is -2.03. The van der Waals surface area contributed by atoms with Gasteiger partial charge in [-0.25, -0.2) is 4.79 Å². The summed E-state index contributed by atoms with van der Waals surface area (Å²) in [6, 6.07) is 2.02. The molecule has 0 fully saturated rings. The van der Waals surface area contributed by atoms with Crippen LogP contribution in [0.5, 0.6) is 11.5 Å². The van der Waals surface area contributed by atoms with E-state index in [-0.39, 0.29) is 11.6 Å². The summed E-state index contributed by atoms with van der Waals surface area (Å²) in [5.41, 5.74) is 3.10. The third-order valence-electron chi connectivity index (χ3n) is 8.56. The number of fused-ring (bicyclic) bond motifs is 1. The molecule has 39 heavy (non-hydrogen) atoms. The quantitative estimate of drug-likeness (QED) is 0.0856. The highest BCUT2D eigenvalue weighted by molar-refractivity contribution is 5.84. The molecule has 220 valence electrons. The Morgan fingerprint density at radius 2 is 1.62 bits per heavy atom. The van der Waals surface area contributed by atoms with Gasteiger partial charge in [-0.3, -0.25) is 0 Å². The van der Waals surface area contributed by atoms with Crippen molar-refractivity contribution in [3.63, 3.8) is 0 Å². The van der Waals surface area contributed by atoms with Crippen molar-refractivity contribution >= 4 is 5.97 Å². The van der Waals surface area contributed by atoms with Crippen LogP contribution in [0.15, 0.2) is 30.4 Å². The number of carbonyl (C=O) groups is 1. The zero-order valence-corrected chi connectivity index (χ0v) is 26.5. The van der Waals surface area contributed by atoms with E-state index in [0.29, 0.717) is 5.75 Å². The van der Waals surface area contributed by atoms with E-state index in [0.717, 1.165) is 72.3 Å². The maximum absolute atomic E-state index is 12.3. The minimum absolute atomic E-state index is 0.124. The van der Waals surface area contributed by atoms with Gasteiger partial charge in [0.2, 0.25) is 0 Å². The van der Waals surface area contributed by atoms with Crippen molar-refractivity contribution in [3.8, 4) is 11.5 Å². The van der Waals surface area contributed by atoms with Crippen molar-refractivity contribution in [2.75, 3.05) is 0 Å². The molecule has 3 heteroatoms. The van der Waals surface area contributed by atoms with E-state index in [2.05, 4.69) is 54.5 Å². The number of esters is 1. The van der Waals surface area contributed by atoms with Crippen LogP contribution in [-0.2, 0) is 11.2 Å². The molecule has 2 rings (SSSR count). The molecule has 1 aromatic rings. The molecule has 0 spiro atoms. The predicted molar refractivity (Wildman–Crippen MR) is 167 cm³/mol. The Bertz CT molecular complexity index is 941. The van der Waals surface area contributed by atoms with E-state index < -0.39 is 0 Å². The summed E-state index contributed by atoms with van der Waals surface area (Å²) in [6.45, 7) is 18.0. The molecule has 3 atom stereocenters. The van der Waals surface area contributed by atoms with Crippen molar-refractivity contribution in [3.05, 3.63) is 47.1 Å². The number of allylic oxidation sites excluding steroid dienone is 3. The summed E-state index contributed by atoms with van der Waals surface area (Å²) in [4.78, 5) is 12.3. The Balaban J connectivity index is 1.82. The highest BCUT2D eigenvalue weighted by Crippen LogP contribution is 2.42. The number of aryl methyl sites for hydroxylation is 1. The molecule has 0 saturated heterocycles. The monoisotopic (exact) mass is 538 g/mol. The van der Waals surface area contributed by atoms with Crippen LogP contribution < -0.4 is 9.47 Å². The second-order valence-electron chi connectivity index (χ2n) is 13.0. The third-order valence-corrected chi connectivity index (χ3v) is 8.56. The molecular formula is C36H58O3. The van der Waals surface area contributed by atoms with Gasteiger partial charge >= 0.3 is 5.97 Å². The lowest BCUT2D eigenvalue weighted by Crippen LogP contribution is -2.36. The highest BCUT2D eigenvalue weighted by Gasteiger charge is 2.33. The standard InChI is InChI=1S/C36H58O3/c1-9-10-11-12-13-22-34(37)38-33-26-32-23-25-36(8,39-35(32)31(7)30(33)6)24-16-21-29(5)20-15-19-28(4)18-14-17-27(2)3/h11-13,22,26-29H,9-10,14-21,23-25H2,1-8H3/b12-11+,22-13+. The predicted octanol–water partition coefficient (Wildman–Crippen LogP) is 10.6. The molecular weight excluding hydrogens is 480 g/mol. The topological polar surface area (TPSA) is 35.5 Å². The molecule has 1 aromatic carbocycles. The SMILES string of the molecule is CCC/C=C/C=C/C(=O)Oc1cc2c(c(C)c1C)OC(C)(CCCC(C)CCCC(C)CCCC(C)C)CC2. The molecule has 3 nitrogen and oxygen atoms in total.